The molecule has 0 saturated heterocycles. The van der Waals surface area contributed by atoms with Crippen LogP contribution in [0.25, 0.3) is 6.08 Å². The zero-order chi connectivity index (χ0) is 14.4. The highest BCUT2D eigenvalue weighted by atomic mass is 16.5. The third-order valence-electron chi connectivity index (χ3n) is 3.01. The molecule has 20 heavy (non-hydrogen) atoms. The summed E-state index contributed by atoms with van der Waals surface area (Å²) in [5.41, 5.74) is 7.84. The molecule has 0 fully saturated rings. The van der Waals surface area contributed by atoms with Crippen LogP contribution in [0, 0.1) is 0 Å². The van der Waals surface area contributed by atoms with Crippen LogP contribution in [0.3, 0.4) is 0 Å². The maximum Gasteiger partial charge on any atom is 0.248 e. The van der Waals surface area contributed by atoms with Crippen LogP contribution in [0.1, 0.15) is 21.5 Å². The lowest BCUT2D eigenvalue weighted by Crippen LogP contribution is -2.10. The lowest BCUT2D eigenvalue weighted by molar-refractivity contribution is 0.1000. The van der Waals surface area contributed by atoms with Gasteiger partial charge in [-0.25, -0.2) is 0 Å². The van der Waals surface area contributed by atoms with Crippen molar-refractivity contribution in [1.82, 2.24) is 0 Å². The SMILES string of the molecule is COc1ccc(C(N)=O)cc1C=CCc1ccccc1. The van der Waals surface area contributed by atoms with Crippen molar-refractivity contribution in [3.63, 3.8) is 0 Å². The molecule has 102 valence electrons. The molecule has 0 aliphatic heterocycles. The van der Waals surface area contributed by atoms with Crippen LogP contribution in [-0.4, -0.2) is 13.0 Å². The second-order valence-electron chi connectivity index (χ2n) is 4.41. The van der Waals surface area contributed by atoms with Gasteiger partial charge in [-0.05, 0) is 30.2 Å². The molecule has 0 atom stereocenters. The van der Waals surface area contributed by atoms with Crippen LogP contribution >= 0.6 is 0 Å². The Hall–Kier alpha value is -2.55. The Labute approximate surface area is 118 Å². The van der Waals surface area contributed by atoms with E-state index in [0.717, 1.165) is 17.7 Å². The monoisotopic (exact) mass is 267 g/mol. The number of hydrogen-bond donors (Lipinski definition) is 1. The zero-order valence-electron chi connectivity index (χ0n) is 11.4. The van der Waals surface area contributed by atoms with Crippen molar-refractivity contribution < 1.29 is 9.53 Å². The number of ether oxygens (including phenoxy) is 1. The second kappa shape index (κ2) is 6.57. The predicted molar refractivity (Wildman–Crippen MR) is 80.7 cm³/mol. The van der Waals surface area contributed by atoms with E-state index in [0.29, 0.717) is 5.56 Å². The van der Waals surface area contributed by atoms with Gasteiger partial charge < -0.3 is 10.5 Å². The van der Waals surface area contributed by atoms with E-state index in [1.54, 1.807) is 25.3 Å². The molecule has 0 spiro atoms. The number of nitrogens with two attached hydrogens (primary N) is 1. The number of amides is 1. The molecule has 3 heteroatoms. The fourth-order valence-electron chi connectivity index (χ4n) is 1.95. The molecular formula is C17H17NO2. The third-order valence-corrected chi connectivity index (χ3v) is 3.01. The van der Waals surface area contributed by atoms with Gasteiger partial charge in [0.25, 0.3) is 0 Å². The van der Waals surface area contributed by atoms with Gasteiger partial charge in [-0.15, -0.1) is 0 Å². The van der Waals surface area contributed by atoms with E-state index < -0.39 is 5.91 Å². The van der Waals surface area contributed by atoms with Crippen molar-refractivity contribution >= 4 is 12.0 Å². The second-order valence-corrected chi connectivity index (χ2v) is 4.41. The Morgan fingerprint density at radius 1 is 1.20 bits per heavy atom. The quantitative estimate of drug-likeness (QED) is 0.905. The molecule has 2 aromatic carbocycles. The molecule has 2 N–H and O–H groups in total. The fourth-order valence-corrected chi connectivity index (χ4v) is 1.95. The van der Waals surface area contributed by atoms with E-state index in [9.17, 15) is 4.79 Å². The number of rotatable bonds is 5. The molecule has 0 aromatic heterocycles. The summed E-state index contributed by atoms with van der Waals surface area (Å²) in [6.07, 6.45) is 4.81. The first-order valence-electron chi connectivity index (χ1n) is 6.39. The Balaban J connectivity index is 2.18. The van der Waals surface area contributed by atoms with Gasteiger partial charge >= 0.3 is 0 Å². The van der Waals surface area contributed by atoms with Gasteiger partial charge in [0, 0.05) is 11.1 Å². The normalized spacial score (nSPS) is 10.7. The highest BCUT2D eigenvalue weighted by Gasteiger charge is 2.05. The maximum absolute atomic E-state index is 11.2. The molecule has 1 amide bonds. The van der Waals surface area contributed by atoms with E-state index in [2.05, 4.69) is 12.1 Å². The predicted octanol–water partition coefficient (Wildman–Crippen LogP) is 3.05. The van der Waals surface area contributed by atoms with Gasteiger partial charge in [0.2, 0.25) is 5.91 Å². The van der Waals surface area contributed by atoms with Gasteiger partial charge in [-0.2, -0.15) is 0 Å². The number of primary amides is 1. The van der Waals surface area contributed by atoms with Crippen LogP contribution in [-0.2, 0) is 6.42 Å². The molecule has 0 bridgehead atoms. The number of allylic oxidation sites excluding steroid dienone is 1. The summed E-state index contributed by atoms with van der Waals surface area (Å²) in [5.74, 6) is 0.282. The Bertz CT molecular complexity index is 618. The topological polar surface area (TPSA) is 52.3 Å². The molecule has 2 aromatic rings. The van der Waals surface area contributed by atoms with Crippen molar-refractivity contribution in [1.29, 1.82) is 0 Å². The van der Waals surface area contributed by atoms with Crippen molar-refractivity contribution in [3.05, 3.63) is 71.3 Å². The van der Waals surface area contributed by atoms with Crippen LogP contribution < -0.4 is 10.5 Å². The Kier molecular flexibility index (Phi) is 4.56. The summed E-state index contributed by atoms with van der Waals surface area (Å²) in [6.45, 7) is 0. The number of carbonyl (C=O) groups is 1. The smallest absolute Gasteiger partial charge is 0.248 e. The number of hydrogen-bond acceptors (Lipinski definition) is 2. The Morgan fingerprint density at radius 3 is 2.60 bits per heavy atom. The fraction of sp³-hybridized carbons (Fsp3) is 0.118. The molecule has 0 saturated carbocycles. The molecular weight excluding hydrogens is 250 g/mol. The van der Waals surface area contributed by atoms with Gasteiger partial charge in [0.05, 0.1) is 7.11 Å². The lowest BCUT2D eigenvalue weighted by Gasteiger charge is -2.06. The van der Waals surface area contributed by atoms with Crippen molar-refractivity contribution in [3.8, 4) is 5.75 Å². The third kappa shape index (κ3) is 3.48. The minimum Gasteiger partial charge on any atom is -0.496 e. The van der Waals surface area contributed by atoms with Crippen LogP contribution in [0.4, 0.5) is 0 Å². The van der Waals surface area contributed by atoms with Crippen molar-refractivity contribution in [2.75, 3.05) is 7.11 Å². The molecule has 0 unspecified atom stereocenters. The van der Waals surface area contributed by atoms with E-state index in [4.69, 9.17) is 10.5 Å². The largest absolute Gasteiger partial charge is 0.496 e. The molecule has 0 aliphatic carbocycles. The van der Waals surface area contributed by atoms with Gasteiger partial charge in [-0.3, -0.25) is 4.79 Å². The highest BCUT2D eigenvalue weighted by Crippen LogP contribution is 2.21. The number of benzene rings is 2. The van der Waals surface area contributed by atoms with Gasteiger partial charge in [-0.1, -0.05) is 42.5 Å². The van der Waals surface area contributed by atoms with Gasteiger partial charge in [0.15, 0.2) is 0 Å². The summed E-state index contributed by atoms with van der Waals surface area (Å²) in [7, 11) is 1.60. The first-order valence-corrected chi connectivity index (χ1v) is 6.39. The summed E-state index contributed by atoms with van der Waals surface area (Å²) in [6, 6.07) is 15.3. The first-order chi connectivity index (χ1) is 9.70. The average Bonchev–Trinajstić information content (AvgIpc) is 2.48. The summed E-state index contributed by atoms with van der Waals surface area (Å²) >= 11 is 0. The molecule has 0 heterocycles. The minimum atomic E-state index is -0.439. The molecule has 0 aliphatic rings. The summed E-state index contributed by atoms with van der Waals surface area (Å²) in [4.78, 5) is 11.2. The van der Waals surface area contributed by atoms with Gasteiger partial charge in [0.1, 0.15) is 5.75 Å². The first kappa shape index (κ1) is 13.9. The van der Waals surface area contributed by atoms with E-state index >= 15 is 0 Å². The van der Waals surface area contributed by atoms with E-state index in [1.807, 2.05) is 30.4 Å². The maximum atomic E-state index is 11.2. The van der Waals surface area contributed by atoms with E-state index in [1.165, 1.54) is 5.56 Å². The van der Waals surface area contributed by atoms with Crippen LogP contribution in [0.5, 0.6) is 5.75 Å². The average molecular weight is 267 g/mol. The molecule has 3 nitrogen and oxygen atoms in total. The number of methoxy groups -OCH3 is 1. The minimum absolute atomic E-state index is 0.439. The summed E-state index contributed by atoms with van der Waals surface area (Å²) < 4.78 is 5.28. The van der Waals surface area contributed by atoms with Crippen molar-refractivity contribution in [2.24, 2.45) is 5.73 Å². The van der Waals surface area contributed by atoms with Crippen LogP contribution in [0.2, 0.25) is 0 Å². The highest BCUT2D eigenvalue weighted by molar-refractivity contribution is 5.93. The van der Waals surface area contributed by atoms with Crippen molar-refractivity contribution in [2.45, 2.75) is 6.42 Å². The molecule has 0 radical (unpaired) electrons. The number of carbonyl (C=O) groups excluding carboxylic acids is 1. The Morgan fingerprint density at radius 2 is 1.95 bits per heavy atom. The molecule has 2 rings (SSSR count). The van der Waals surface area contributed by atoms with Crippen LogP contribution in [0.15, 0.2) is 54.6 Å². The lowest BCUT2D eigenvalue weighted by atomic mass is 10.1. The van der Waals surface area contributed by atoms with E-state index in [-0.39, 0.29) is 0 Å². The summed E-state index contributed by atoms with van der Waals surface area (Å²) in [5, 5.41) is 0. The standard InChI is InChI=1S/C17H17NO2/c1-20-16-11-10-15(17(18)19)12-14(16)9-5-8-13-6-3-2-4-7-13/h2-7,9-12H,8H2,1H3,(H2,18,19). The zero-order valence-corrected chi connectivity index (χ0v) is 11.4.